The number of rotatable bonds is 2. The molecular weight excluding hydrogens is 306 g/mol. The Hall–Kier alpha value is -1.26. The predicted molar refractivity (Wildman–Crippen MR) is 87.7 cm³/mol. The second kappa shape index (κ2) is 5.85. The number of halogens is 1. The number of thiophene rings is 1. The van der Waals surface area contributed by atoms with E-state index in [1.807, 2.05) is 23.1 Å². The van der Waals surface area contributed by atoms with Crippen LogP contribution >= 0.6 is 22.9 Å². The molecular formula is C16H18ClNO2S. The molecule has 0 N–H and O–H groups in total. The zero-order valence-corrected chi connectivity index (χ0v) is 13.8. The minimum atomic E-state index is 0.0624. The number of ether oxygens (including phenoxy) is 1. The number of likely N-dealkylation sites (tertiary alicyclic amines) is 1. The summed E-state index contributed by atoms with van der Waals surface area (Å²) in [6.07, 6.45) is 3.34. The van der Waals surface area contributed by atoms with E-state index in [4.69, 9.17) is 16.3 Å². The average molecular weight is 324 g/mol. The van der Waals surface area contributed by atoms with E-state index in [0.29, 0.717) is 15.9 Å². The van der Waals surface area contributed by atoms with Crippen LogP contribution in [0.1, 0.15) is 35.9 Å². The fourth-order valence-corrected chi connectivity index (χ4v) is 4.34. The number of methoxy groups -OCH3 is 1. The van der Waals surface area contributed by atoms with Gasteiger partial charge in [-0.05, 0) is 44.4 Å². The third-order valence-electron chi connectivity index (χ3n) is 4.09. The molecule has 0 saturated carbocycles. The highest BCUT2D eigenvalue weighted by molar-refractivity contribution is 7.21. The van der Waals surface area contributed by atoms with Gasteiger partial charge < -0.3 is 9.64 Å². The molecule has 0 bridgehead atoms. The van der Waals surface area contributed by atoms with Gasteiger partial charge in [0.15, 0.2) is 0 Å². The van der Waals surface area contributed by atoms with Crippen molar-refractivity contribution in [3.63, 3.8) is 0 Å². The van der Waals surface area contributed by atoms with Gasteiger partial charge in [-0.3, -0.25) is 4.79 Å². The van der Waals surface area contributed by atoms with E-state index in [-0.39, 0.29) is 5.91 Å². The van der Waals surface area contributed by atoms with Crippen LogP contribution in [-0.4, -0.2) is 30.5 Å². The lowest BCUT2D eigenvalue weighted by Gasteiger charge is -2.33. The van der Waals surface area contributed by atoms with Gasteiger partial charge in [-0.25, -0.2) is 0 Å². The minimum Gasteiger partial charge on any atom is -0.497 e. The summed E-state index contributed by atoms with van der Waals surface area (Å²) in [4.78, 5) is 15.4. The molecule has 1 aromatic carbocycles. The largest absolute Gasteiger partial charge is 0.497 e. The molecule has 5 heteroatoms. The molecule has 2 heterocycles. The van der Waals surface area contributed by atoms with E-state index < -0.39 is 0 Å². The van der Waals surface area contributed by atoms with Crippen molar-refractivity contribution in [3.8, 4) is 5.75 Å². The summed E-state index contributed by atoms with van der Waals surface area (Å²) in [5.74, 6) is 0.845. The van der Waals surface area contributed by atoms with Crippen LogP contribution in [0, 0.1) is 0 Å². The SMILES string of the molecule is COc1ccc2c(Cl)c(C(=O)N3CCCCC3C)sc2c1. The minimum absolute atomic E-state index is 0.0624. The number of fused-ring (bicyclic) bond motifs is 1. The van der Waals surface area contributed by atoms with Gasteiger partial charge in [0.1, 0.15) is 10.6 Å². The Balaban J connectivity index is 1.99. The lowest BCUT2D eigenvalue weighted by atomic mass is 10.0. The summed E-state index contributed by atoms with van der Waals surface area (Å²) in [6.45, 7) is 2.94. The number of carbonyl (C=O) groups is 1. The van der Waals surface area contributed by atoms with Crippen LogP contribution in [0.5, 0.6) is 5.75 Å². The maximum atomic E-state index is 12.8. The summed E-state index contributed by atoms with van der Waals surface area (Å²) in [5, 5.41) is 1.50. The number of nitrogens with zero attached hydrogens (tertiary/aromatic N) is 1. The molecule has 21 heavy (non-hydrogen) atoms. The average Bonchev–Trinajstić information content (AvgIpc) is 2.83. The Morgan fingerprint density at radius 2 is 2.24 bits per heavy atom. The molecule has 1 aliphatic heterocycles. The lowest BCUT2D eigenvalue weighted by Crippen LogP contribution is -2.41. The quantitative estimate of drug-likeness (QED) is 0.809. The van der Waals surface area contributed by atoms with Crippen LogP contribution in [0.3, 0.4) is 0 Å². The van der Waals surface area contributed by atoms with Gasteiger partial charge in [0.25, 0.3) is 5.91 Å². The first-order chi connectivity index (χ1) is 10.1. The van der Waals surface area contributed by atoms with Crippen molar-refractivity contribution in [1.29, 1.82) is 0 Å². The number of amides is 1. The summed E-state index contributed by atoms with van der Waals surface area (Å²) in [6, 6.07) is 6.02. The first kappa shape index (κ1) is 14.7. The molecule has 0 radical (unpaired) electrons. The van der Waals surface area contributed by atoms with Crippen molar-refractivity contribution in [2.24, 2.45) is 0 Å². The maximum absolute atomic E-state index is 12.8. The molecule has 1 aromatic heterocycles. The monoisotopic (exact) mass is 323 g/mol. The number of piperidine rings is 1. The Kier molecular flexibility index (Phi) is 4.09. The molecule has 112 valence electrons. The second-order valence-corrected chi connectivity index (χ2v) is 6.88. The zero-order chi connectivity index (χ0) is 15.0. The fraction of sp³-hybridized carbons (Fsp3) is 0.438. The summed E-state index contributed by atoms with van der Waals surface area (Å²) < 4.78 is 6.23. The van der Waals surface area contributed by atoms with E-state index in [1.54, 1.807) is 7.11 Å². The van der Waals surface area contributed by atoms with E-state index in [0.717, 1.165) is 35.2 Å². The Bertz CT molecular complexity index is 682. The van der Waals surface area contributed by atoms with Gasteiger partial charge in [0, 0.05) is 22.7 Å². The number of benzene rings is 1. The van der Waals surface area contributed by atoms with Gasteiger partial charge in [-0.15, -0.1) is 11.3 Å². The third-order valence-corrected chi connectivity index (χ3v) is 5.74. The van der Waals surface area contributed by atoms with Gasteiger partial charge in [0.05, 0.1) is 12.1 Å². The van der Waals surface area contributed by atoms with Gasteiger partial charge in [-0.2, -0.15) is 0 Å². The molecule has 1 atom stereocenters. The molecule has 3 rings (SSSR count). The molecule has 1 unspecified atom stereocenters. The van der Waals surface area contributed by atoms with Crippen LogP contribution in [0.2, 0.25) is 5.02 Å². The topological polar surface area (TPSA) is 29.5 Å². The molecule has 2 aromatic rings. The number of hydrogen-bond donors (Lipinski definition) is 0. The first-order valence-electron chi connectivity index (χ1n) is 7.19. The third kappa shape index (κ3) is 2.62. The smallest absolute Gasteiger partial charge is 0.265 e. The van der Waals surface area contributed by atoms with E-state index in [1.165, 1.54) is 17.8 Å². The standard InChI is InChI=1S/C16H18ClNO2S/c1-10-5-3-4-8-18(10)16(19)15-14(17)12-7-6-11(20-2)9-13(12)21-15/h6-7,9-10H,3-5,8H2,1-2H3. The van der Waals surface area contributed by atoms with Crippen LogP contribution in [0.25, 0.3) is 10.1 Å². The van der Waals surface area contributed by atoms with Gasteiger partial charge >= 0.3 is 0 Å². The van der Waals surface area contributed by atoms with Crippen LogP contribution in [0.15, 0.2) is 18.2 Å². The van der Waals surface area contributed by atoms with Crippen molar-refractivity contribution in [2.45, 2.75) is 32.2 Å². The van der Waals surface area contributed by atoms with Gasteiger partial charge in [-0.1, -0.05) is 11.6 Å². The van der Waals surface area contributed by atoms with E-state index in [2.05, 4.69) is 6.92 Å². The zero-order valence-electron chi connectivity index (χ0n) is 12.2. The van der Waals surface area contributed by atoms with Crippen molar-refractivity contribution in [2.75, 3.05) is 13.7 Å². The highest BCUT2D eigenvalue weighted by Gasteiger charge is 2.27. The number of hydrogen-bond acceptors (Lipinski definition) is 3. The second-order valence-electron chi connectivity index (χ2n) is 5.45. The molecule has 1 amide bonds. The molecule has 3 nitrogen and oxygen atoms in total. The van der Waals surface area contributed by atoms with E-state index in [9.17, 15) is 4.79 Å². The predicted octanol–water partition coefficient (Wildman–Crippen LogP) is 4.58. The van der Waals surface area contributed by atoms with Crippen molar-refractivity contribution in [3.05, 3.63) is 28.1 Å². The molecule has 1 aliphatic rings. The summed E-state index contributed by atoms with van der Waals surface area (Å²) in [5.41, 5.74) is 0. The summed E-state index contributed by atoms with van der Waals surface area (Å²) in [7, 11) is 1.64. The van der Waals surface area contributed by atoms with Crippen molar-refractivity contribution in [1.82, 2.24) is 4.90 Å². The van der Waals surface area contributed by atoms with Crippen molar-refractivity contribution >= 4 is 38.9 Å². The highest BCUT2D eigenvalue weighted by atomic mass is 35.5. The highest BCUT2D eigenvalue weighted by Crippen LogP contribution is 2.38. The Morgan fingerprint density at radius 3 is 2.95 bits per heavy atom. The lowest BCUT2D eigenvalue weighted by molar-refractivity contribution is 0.0641. The van der Waals surface area contributed by atoms with E-state index >= 15 is 0 Å². The maximum Gasteiger partial charge on any atom is 0.265 e. The van der Waals surface area contributed by atoms with Crippen LogP contribution in [0.4, 0.5) is 0 Å². The normalized spacial score (nSPS) is 19.0. The fourth-order valence-electron chi connectivity index (χ4n) is 2.84. The molecule has 1 fully saturated rings. The van der Waals surface area contributed by atoms with Crippen molar-refractivity contribution < 1.29 is 9.53 Å². The summed E-state index contributed by atoms with van der Waals surface area (Å²) >= 11 is 7.89. The van der Waals surface area contributed by atoms with Gasteiger partial charge in [0.2, 0.25) is 0 Å². The van der Waals surface area contributed by atoms with Crippen LogP contribution < -0.4 is 4.74 Å². The Morgan fingerprint density at radius 1 is 1.43 bits per heavy atom. The van der Waals surface area contributed by atoms with Crippen LogP contribution in [-0.2, 0) is 0 Å². The molecule has 0 spiro atoms. The number of carbonyl (C=O) groups excluding carboxylic acids is 1. The molecule has 0 aliphatic carbocycles. The Labute approximate surface area is 133 Å². The first-order valence-corrected chi connectivity index (χ1v) is 8.38. The molecule has 1 saturated heterocycles.